The van der Waals surface area contributed by atoms with Crippen molar-refractivity contribution in [1.29, 1.82) is 0 Å². The van der Waals surface area contributed by atoms with Gasteiger partial charge in [0.1, 0.15) is 17.3 Å². The van der Waals surface area contributed by atoms with E-state index in [1.165, 1.54) is 18.0 Å². The molecule has 0 radical (unpaired) electrons. The van der Waals surface area contributed by atoms with Crippen molar-refractivity contribution >= 4 is 22.4 Å². The molecule has 13 heteroatoms. The zero-order chi connectivity index (χ0) is 33.9. The minimum absolute atomic E-state index is 0.00259. The summed E-state index contributed by atoms with van der Waals surface area (Å²) in [5.74, 6) is -2.85. The van der Waals surface area contributed by atoms with Crippen LogP contribution in [-0.4, -0.2) is 66.4 Å². The minimum atomic E-state index is -3.85. The fourth-order valence-electron chi connectivity index (χ4n) is 6.92. The number of benzene rings is 3. The molecule has 0 aliphatic carbocycles. The number of nitrogens with zero attached hydrogens (tertiary/aromatic N) is 8. The lowest BCUT2D eigenvalue weighted by atomic mass is 9.80. The van der Waals surface area contributed by atoms with Crippen LogP contribution in [0.1, 0.15) is 30.9 Å². The normalized spacial score (nSPS) is 17.9. The summed E-state index contributed by atoms with van der Waals surface area (Å²) in [5, 5.41) is 22.6. The molecule has 10 nitrogen and oxygen atoms in total. The van der Waals surface area contributed by atoms with Gasteiger partial charge in [0, 0.05) is 66.9 Å². The zero-order valence-electron chi connectivity index (χ0n) is 27.0. The van der Waals surface area contributed by atoms with Crippen LogP contribution in [0.15, 0.2) is 79.0 Å². The number of aliphatic hydroxyl groups is 1. The minimum Gasteiger partial charge on any atom is -0.377 e. The number of fused-ring (bicyclic) bond motifs is 4. The average molecular weight is 666 g/mol. The molecule has 0 spiro atoms. The first-order valence-electron chi connectivity index (χ1n) is 16.3. The second kappa shape index (κ2) is 11.7. The number of halogens is 3. The number of alkyl halides is 2. The highest BCUT2D eigenvalue weighted by molar-refractivity contribution is 5.80. The van der Waals surface area contributed by atoms with Crippen molar-refractivity contribution in [2.75, 3.05) is 36.0 Å². The monoisotopic (exact) mass is 665 g/mol. The van der Waals surface area contributed by atoms with Gasteiger partial charge in [-0.2, -0.15) is 8.78 Å². The number of aromatic nitrogens is 7. The van der Waals surface area contributed by atoms with Gasteiger partial charge in [-0.05, 0) is 70.4 Å². The molecule has 3 aromatic heterocycles. The number of H-pyrrole nitrogens is 1. The topological polar surface area (TPSA) is 112 Å². The van der Waals surface area contributed by atoms with Crippen LogP contribution in [0, 0.1) is 11.7 Å². The Morgan fingerprint density at radius 1 is 0.898 bits per heavy atom. The van der Waals surface area contributed by atoms with E-state index in [4.69, 9.17) is 4.98 Å². The summed E-state index contributed by atoms with van der Waals surface area (Å²) in [6.45, 7) is 7.21. The molecule has 1 atom stereocenters. The molecule has 0 saturated carbocycles. The lowest BCUT2D eigenvalue weighted by Gasteiger charge is -2.39. The SMILES string of the molecule is CC(C)Cc1nc2ccc(N3CCN(c4ccc(-c5ccc(C(F)(F)[C@]6(O)Cn7nnnc7-c7cc(F)ccc76)nc5)cc4)CC3)cc2[nH]1. The molecule has 2 aliphatic heterocycles. The van der Waals surface area contributed by atoms with E-state index in [2.05, 4.69) is 67.3 Å². The number of imidazole rings is 1. The summed E-state index contributed by atoms with van der Waals surface area (Å²) in [7, 11) is 0. The summed E-state index contributed by atoms with van der Waals surface area (Å²) < 4.78 is 47.4. The number of hydrogen-bond acceptors (Lipinski definition) is 8. The number of tetrazole rings is 1. The Morgan fingerprint density at radius 3 is 2.33 bits per heavy atom. The number of rotatable bonds is 7. The van der Waals surface area contributed by atoms with Gasteiger partial charge in [0.15, 0.2) is 11.4 Å². The highest BCUT2D eigenvalue weighted by atomic mass is 19.3. The highest BCUT2D eigenvalue weighted by Gasteiger charge is 2.59. The van der Waals surface area contributed by atoms with E-state index in [0.29, 0.717) is 11.5 Å². The van der Waals surface area contributed by atoms with E-state index in [0.717, 1.165) is 83.6 Å². The van der Waals surface area contributed by atoms with E-state index in [-0.39, 0.29) is 17.0 Å². The first-order valence-corrected chi connectivity index (χ1v) is 16.3. The molecule has 1 saturated heterocycles. The average Bonchev–Trinajstić information content (AvgIpc) is 3.74. The quantitative estimate of drug-likeness (QED) is 0.216. The van der Waals surface area contributed by atoms with Crippen LogP contribution in [0.5, 0.6) is 0 Å². The molecule has 6 aromatic rings. The van der Waals surface area contributed by atoms with Gasteiger partial charge in [-0.25, -0.2) is 14.1 Å². The molecule has 8 rings (SSSR count). The smallest absolute Gasteiger partial charge is 0.323 e. The molecule has 5 heterocycles. The van der Waals surface area contributed by atoms with Gasteiger partial charge in [0.25, 0.3) is 0 Å². The number of aromatic amines is 1. The van der Waals surface area contributed by atoms with E-state index in [9.17, 15) is 9.50 Å². The molecule has 0 bridgehead atoms. The van der Waals surface area contributed by atoms with Gasteiger partial charge in [-0.15, -0.1) is 5.10 Å². The fourth-order valence-corrected chi connectivity index (χ4v) is 6.92. The second-order valence-corrected chi connectivity index (χ2v) is 13.2. The largest absolute Gasteiger partial charge is 0.377 e. The van der Waals surface area contributed by atoms with Gasteiger partial charge >= 0.3 is 5.92 Å². The highest BCUT2D eigenvalue weighted by Crippen LogP contribution is 2.50. The third-order valence-corrected chi connectivity index (χ3v) is 9.51. The van der Waals surface area contributed by atoms with Crippen molar-refractivity contribution in [2.24, 2.45) is 5.92 Å². The second-order valence-electron chi connectivity index (χ2n) is 13.2. The van der Waals surface area contributed by atoms with E-state index < -0.39 is 29.6 Å². The number of anilines is 2. The van der Waals surface area contributed by atoms with E-state index >= 15 is 8.78 Å². The summed E-state index contributed by atoms with van der Waals surface area (Å²) in [4.78, 5) is 17.0. The Morgan fingerprint density at radius 2 is 1.61 bits per heavy atom. The van der Waals surface area contributed by atoms with Gasteiger partial charge in [0.05, 0.1) is 17.6 Å². The Hall–Kier alpha value is -5.30. The Kier molecular flexibility index (Phi) is 7.39. The number of pyridine rings is 1. The zero-order valence-corrected chi connectivity index (χ0v) is 27.0. The molecule has 49 heavy (non-hydrogen) atoms. The molecule has 3 aromatic carbocycles. The number of piperazine rings is 1. The van der Waals surface area contributed by atoms with E-state index in [1.54, 1.807) is 6.07 Å². The number of hydrogen-bond donors (Lipinski definition) is 2. The maximum absolute atomic E-state index is 16.1. The molecule has 2 aliphatic rings. The van der Waals surface area contributed by atoms with Crippen LogP contribution >= 0.6 is 0 Å². The maximum atomic E-state index is 16.1. The van der Waals surface area contributed by atoms with Crippen LogP contribution in [0.25, 0.3) is 33.5 Å². The predicted molar refractivity (Wildman–Crippen MR) is 180 cm³/mol. The van der Waals surface area contributed by atoms with Gasteiger partial charge in [-0.1, -0.05) is 38.1 Å². The van der Waals surface area contributed by atoms with Crippen molar-refractivity contribution in [3.05, 3.63) is 102 Å². The Balaban J connectivity index is 0.950. The summed E-state index contributed by atoms with van der Waals surface area (Å²) >= 11 is 0. The predicted octanol–water partition coefficient (Wildman–Crippen LogP) is 5.94. The van der Waals surface area contributed by atoms with E-state index in [1.807, 2.05) is 24.3 Å². The number of nitrogens with one attached hydrogen (secondary N) is 1. The lowest BCUT2D eigenvalue weighted by molar-refractivity contribution is -0.207. The summed E-state index contributed by atoms with van der Waals surface area (Å²) in [6.07, 6.45) is 2.30. The van der Waals surface area contributed by atoms with Crippen LogP contribution in [0.3, 0.4) is 0 Å². The Bertz CT molecular complexity index is 2140. The first-order chi connectivity index (χ1) is 23.6. The van der Waals surface area contributed by atoms with Crippen molar-refractivity contribution < 1.29 is 18.3 Å². The summed E-state index contributed by atoms with van der Waals surface area (Å²) in [5.41, 5.74) is 2.24. The third-order valence-electron chi connectivity index (χ3n) is 9.51. The van der Waals surface area contributed by atoms with Crippen molar-refractivity contribution in [2.45, 2.75) is 38.3 Å². The third kappa shape index (κ3) is 5.38. The molecule has 1 fully saturated rings. The van der Waals surface area contributed by atoms with Crippen LogP contribution in [-0.2, 0) is 24.5 Å². The first kappa shape index (κ1) is 31.0. The van der Waals surface area contributed by atoms with Crippen molar-refractivity contribution in [1.82, 2.24) is 35.2 Å². The van der Waals surface area contributed by atoms with Gasteiger partial charge in [0.2, 0.25) is 0 Å². The molecule has 0 amide bonds. The van der Waals surface area contributed by atoms with Crippen molar-refractivity contribution in [3.8, 4) is 22.5 Å². The van der Waals surface area contributed by atoms with Gasteiger partial charge < -0.3 is 19.9 Å². The maximum Gasteiger partial charge on any atom is 0.323 e. The van der Waals surface area contributed by atoms with Crippen LogP contribution in [0.2, 0.25) is 0 Å². The Labute approximate surface area is 280 Å². The lowest BCUT2D eigenvalue weighted by Crippen LogP contribution is -2.49. The summed E-state index contributed by atoms with van der Waals surface area (Å²) in [6, 6.07) is 20.4. The van der Waals surface area contributed by atoms with Crippen LogP contribution in [0.4, 0.5) is 24.5 Å². The van der Waals surface area contributed by atoms with Crippen LogP contribution < -0.4 is 9.80 Å². The fraction of sp³-hybridized carbons (Fsp3) is 0.306. The van der Waals surface area contributed by atoms with Gasteiger partial charge in [-0.3, -0.25) is 4.98 Å². The van der Waals surface area contributed by atoms with Crippen molar-refractivity contribution in [3.63, 3.8) is 0 Å². The molecule has 250 valence electrons. The molecule has 0 unspecified atom stereocenters. The molecular weight excluding hydrogens is 631 g/mol. The standard InChI is InChI=1S/C36H34F3N9O/c1-22(2)17-33-41-30-11-9-27(19-31(30)42-33)47-15-13-46(14-16-47)26-7-3-23(4-8-26)24-5-12-32(40-20-24)36(38,39)35(49)21-48-34(43-44-45-48)28-18-25(37)6-10-29(28)35/h3-12,18-20,22,49H,13-17,21H2,1-2H3,(H,41,42)/t35-/m0/s1. The molecule has 2 N–H and O–H groups in total. The molecular formula is C36H34F3N9O.